The van der Waals surface area contributed by atoms with E-state index in [4.69, 9.17) is 4.42 Å². The zero-order valence-corrected chi connectivity index (χ0v) is 19.1. The van der Waals surface area contributed by atoms with Crippen molar-refractivity contribution in [1.29, 1.82) is 0 Å². The molecule has 0 bridgehead atoms. The number of hydrogen-bond acceptors (Lipinski definition) is 7. The summed E-state index contributed by atoms with van der Waals surface area (Å²) in [6, 6.07) is 13.1. The molecule has 0 radical (unpaired) electrons. The fraction of sp³-hybridized carbons (Fsp3) is 0.227. The van der Waals surface area contributed by atoms with Crippen molar-refractivity contribution in [2.24, 2.45) is 0 Å². The lowest BCUT2D eigenvalue weighted by Gasteiger charge is -2.34. The lowest BCUT2D eigenvalue weighted by molar-refractivity contribution is -0.146. The molecule has 4 aromatic rings. The lowest BCUT2D eigenvalue weighted by atomic mass is 10.2. The Morgan fingerprint density at radius 3 is 2.55 bits per heavy atom. The van der Waals surface area contributed by atoms with E-state index in [0.29, 0.717) is 37.8 Å². The maximum absolute atomic E-state index is 12.6. The summed E-state index contributed by atoms with van der Waals surface area (Å²) in [5, 5.41) is 16.2. The van der Waals surface area contributed by atoms with E-state index in [2.05, 4.69) is 36.5 Å². The van der Waals surface area contributed by atoms with Crippen LogP contribution in [0.1, 0.15) is 5.76 Å². The zero-order chi connectivity index (χ0) is 22.8. The third-order valence-corrected chi connectivity index (χ3v) is 5.91. The molecule has 3 aromatic heterocycles. The van der Waals surface area contributed by atoms with E-state index < -0.39 is 11.8 Å². The Labute approximate surface area is 197 Å². The maximum atomic E-state index is 12.6. The van der Waals surface area contributed by atoms with Gasteiger partial charge in [-0.25, -0.2) is 4.68 Å². The van der Waals surface area contributed by atoms with Crippen molar-refractivity contribution in [3.63, 3.8) is 0 Å². The molecule has 168 valence electrons. The highest BCUT2D eigenvalue weighted by atomic mass is 79.9. The van der Waals surface area contributed by atoms with Crippen molar-refractivity contribution in [3.8, 4) is 5.82 Å². The monoisotopic (exact) mass is 509 g/mol. The van der Waals surface area contributed by atoms with Crippen molar-refractivity contribution in [1.82, 2.24) is 30.2 Å². The van der Waals surface area contributed by atoms with Gasteiger partial charge in [-0.1, -0.05) is 15.9 Å². The molecular formula is C22H20BrN7O3. The molecular weight excluding hydrogens is 490 g/mol. The number of carbonyl (C=O) groups is 2. The molecule has 0 unspecified atom stereocenters. The molecule has 1 saturated heterocycles. The van der Waals surface area contributed by atoms with Crippen LogP contribution in [0.25, 0.3) is 16.8 Å². The zero-order valence-electron chi connectivity index (χ0n) is 17.5. The molecule has 1 N–H and O–H groups in total. The van der Waals surface area contributed by atoms with Gasteiger partial charge in [-0.3, -0.25) is 9.59 Å². The van der Waals surface area contributed by atoms with Gasteiger partial charge in [0.1, 0.15) is 11.3 Å². The number of halogens is 1. The minimum Gasteiger partial charge on any atom is -0.459 e. The smallest absolute Gasteiger partial charge is 0.312 e. The molecule has 5 rings (SSSR count). The minimum absolute atomic E-state index is 0.148. The Bertz CT molecular complexity index is 1280. The topological polar surface area (TPSA) is 109 Å². The number of nitrogens with zero attached hydrogens (tertiary/aromatic N) is 6. The van der Waals surface area contributed by atoms with Gasteiger partial charge >= 0.3 is 11.8 Å². The fourth-order valence-corrected chi connectivity index (χ4v) is 4.07. The summed E-state index contributed by atoms with van der Waals surface area (Å²) in [6.07, 6.45) is 3.48. The normalized spacial score (nSPS) is 14.0. The van der Waals surface area contributed by atoms with Crippen molar-refractivity contribution in [3.05, 3.63) is 65.1 Å². The largest absolute Gasteiger partial charge is 0.459 e. The molecule has 33 heavy (non-hydrogen) atoms. The molecule has 10 nitrogen and oxygen atoms in total. The summed E-state index contributed by atoms with van der Waals surface area (Å²) in [5.41, 5.74) is 0.727. The first kappa shape index (κ1) is 21.1. The molecule has 2 amide bonds. The van der Waals surface area contributed by atoms with Gasteiger partial charge in [0.2, 0.25) is 0 Å². The van der Waals surface area contributed by atoms with E-state index in [-0.39, 0.29) is 6.54 Å². The van der Waals surface area contributed by atoms with Gasteiger partial charge < -0.3 is 19.5 Å². The Kier molecular flexibility index (Phi) is 5.78. The van der Waals surface area contributed by atoms with Gasteiger partial charge in [-0.05, 0) is 42.5 Å². The average molecular weight is 510 g/mol. The van der Waals surface area contributed by atoms with Crippen molar-refractivity contribution in [2.75, 3.05) is 31.1 Å². The van der Waals surface area contributed by atoms with Gasteiger partial charge in [-0.15, -0.1) is 10.2 Å². The predicted molar refractivity (Wildman–Crippen MR) is 124 cm³/mol. The van der Waals surface area contributed by atoms with Crippen LogP contribution < -0.4 is 10.2 Å². The fourth-order valence-electron chi connectivity index (χ4n) is 3.69. The standard InChI is InChI=1S/C22H20BrN7O3/c23-16-2-3-18-15(12-16)13-17(33-18)14-24-21(31)22(32)29-10-8-28(9-11-29)19-4-5-20(27-26-19)30-7-1-6-25-30/h1-7,12-13H,8-11,14H2,(H,24,31). The highest BCUT2D eigenvalue weighted by Gasteiger charge is 2.26. The van der Waals surface area contributed by atoms with Crippen LogP contribution in [-0.4, -0.2) is 62.9 Å². The molecule has 0 saturated carbocycles. The van der Waals surface area contributed by atoms with E-state index in [1.807, 2.05) is 47.4 Å². The average Bonchev–Trinajstić information content (AvgIpc) is 3.52. The number of carbonyl (C=O) groups excluding carboxylic acids is 2. The summed E-state index contributed by atoms with van der Waals surface area (Å²) < 4.78 is 8.29. The Morgan fingerprint density at radius 1 is 1.03 bits per heavy atom. The number of fused-ring (bicyclic) bond motifs is 1. The van der Waals surface area contributed by atoms with E-state index in [9.17, 15) is 9.59 Å². The SMILES string of the molecule is O=C(NCc1cc2cc(Br)ccc2o1)C(=O)N1CCN(c2ccc(-n3cccn3)nn2)CC1. The van der Waals surface area contributed by atoms with E-state index in [1.54, 1.807) is 22.0 Å². The molecule has 1 aliphatic heterocycles. The first-order valence-corrected chi connectivity index (χ1v) is 11.2. The second-order valence-electron chi connectivity index (χ2n) is 7.56. The summed E-state index contributed by atoms with van der Waals surface area (Å²) >= 11 is 3.42. The third-order valence-electron chi connectivity index (χ3n) is 5.41. The number of piperazine rings is 1. The highest BCUT2D eigenvalue weighted by Crippen LogP contribution is 2.23. The van der Waals surface area contributed by atoms with Crippen LogP contribution in [0.4, 0.5) is 5.82 Å². The first-order valence-electron chi connectivity index (χ1n) is 10.4. The number of nitrogens with one attached hydrogen (secondary N) is 1. The number of furan rings is 1. The predicted octanol–water partition coefficient (Wildman–Crippen LogP) is 2.14. The van der Waals surface area contributed by atoms with Crippen LogP contribution in [0.15, 0.2) is 63.7 Å². The minimum atomic E-state index is -0.645. The number of aromatic nitrogens is 4. The van der Waals surface area contributed by atoms with Gasteiger partial charge in [0, 0.05) is 48.4 Å². The molecule has 0 aliphatic carbocycles. The number of rotatable bonds is 4. The first-order chi connectivity index (χ1) is 16.1. The number of benzene rings is 1. The van der Waals surface area contributed by atoms with E-state index in [0.717, 1.165) is 21.3 Å². The quantitative estimate of drug-likeness (QED) is 0.419. The molecule has 0 spiro atoms. The van der Waals surface area contributed by atoms with Crippen LogP contribution >= 0.6 is 15.9 Å². The van der Waals surface area contributed by atoms with E-state index >= 15 is 0 Å². The molecule has 0 atom stereocenters. The van der Waals surface area contributed by atoms with Crippen LogP contribution in [-0.2, 0) is 16.1 Å². The maximum Gasteiger partial charge on any atom is 0.312 e. The van der Waals surface area contributed by atoms with Crippen LogP contribution in [0.5, 0.6) is 0 Å². The highest BCUT2D eigenvalue weighted by molar-refractivity contribution is 9.10. The molecule has 1 aliphatic rings. The second-order valence-corrected chi connectivity index (χ2v) is 8.47. The van der Waals surface area contributed by atoms with E-state index in [1.165, 1.54) is 0 Å². The lowest BCUT2D eigenvalue weighted by Crippen LogP contribution is -2.52. The van der Waals surface area contributed by atoms with Gasteiger partial charge in [0.15, 0.2) is 11.6 Å². The molecule has 11 heteroatoms. The van der Waals surface area contributed by atoms with Crippen LogP contribution in [0.3, 0.4) is 0 Å². The summed E-state index contributed by atoms with van der Waals surface area (Å²) in [7, 11) is 0. The van der Waals surface area contributed by atoms with Crippen molar-refractivity contribution in [2.45, 2.75) is 6.54 Å². The summed E-state index contributed by atoms with van der Waals surface area (Å²) in [6.45, 7) is 2.12. The number of hydrogen-bond donors (Lipinski definition) is 1. The summed E-state index contributed by atoms with van der Waals surface area (Å²) in [4.78, 5) is 28.6. The molecule has 1 aromatic carbocycles. The van der Waals surface area contributed by atoms with Crippen molar-refractivity contribution < 1.29 is 14.0 Å². The third kappa shape index (κ3) is 4.58. The van der Waals surface area contributed by atoms with Gasteiger partial charge in [0.25, 0.3) is 0 Å². The molecule has 1 fully saturated rings. The van der Waals surface area contributed by atoms with Crippen LogP contribution in [0.2, 0.25) is 0 Å². The number of anilines is 1. The van der Waals surface area contributed by atoms with Crippen LogP contribution in [0, 0.1) is 0 Å². The molecule has 4 heterocycles. The van der Waals surface area contributed by atoms with Gasteiger partial charge in [-0.2, -0.15) is 5.10 Å². The second kappa shape index (κ2) is 9.02. The summed E-state index contributed by atoms with van der Waals surface area (Å²) in [5.74, 6) is 0.749. The Balaban J connectivity index is 1.13. The number of amides is 2. The van der Waals surface area contributed by atoms with Crippen molar-refractivity contribution >= 4 is 44.5 Å². The Hall–Kier alpha value is -3.73. The Morgan fingerprint density at radius 2 is 1.82 bits per heavy atom. The van der Waals surface area contributed by atoms with Gasteiger partial charge in [0.05, 0.1) is 6.54 Å².